The Balaban J connectivity index is 2.13. The van der Waals surface area contributed by atoms with Gasteiger partial charge in [-0.05, 0) is 30.9 Å². The van der Waals surface area contributed by atoms with Crippen LogP contribution in [0, 0.1) is 21.8 Å². The van der Waals surface area contributed by atoms with Crippen molar-refractivity contribution in [3.05, 3.63) is 39.7 Å². The van der Waals surface area contributed by atoms with E-state index in [9.17, 15) is 19.3 Å². The first-order chi connectivity index (χ1) is 8.99. The Morgan fingerprint density at radius 3 is 2.74 bits per heavy atom. The number of rotatable bonds is 4. The molecule has 0 N–H and O–H groups in total. The lowest BCUT2D eigenvalue weighted by atomic mass is 9.85. The molecule has 0 spiro atoms. The minimum atomic E-state index is -0.928. The van der Waals surface area contributed by atoms with E-state index < -0.39 is 16.4 Å². The first kappa shape index (κ1) is 13.5. The van der Waals surface area contributed by atoms with E-state index in [1.54, 1.807) is 11.9 Å². The molecule has 0 unspecified atom stereocenters. The van der Waals surface area contributed by atoms with E-state index in [0.717, 1.165) is 25.0 Å². The van der Waals surface area contributed by atoms with Gasteiger partial charge >= 0.3 is 5.69 Å². The van der Waals surface area contributed by atoms with Gasteiger partial charge in [-0.15, -0.1) is 0 Å². The van der Waals surface area contributed by atoms with E-state index in [-0.39, 0.29) is 11.5 Å². The minimum absolute atomic E-state index is 0.148. The highest BCUT2D eigenvalue weighted by molar-refractivity contribution is 5.94. The Hall–Kier alpha value is -1.98. The normalized spacial score (nSPS) is 14.8. The number of nitrogens with zero attached hydrogens (tertiary/aromatic N) is 2. The lowest BCUT2D eigenvalue weighted by Crippen LogP contribution is -2.34. The van der Waals surface area contributed by atoms with Gasteiger partial charge in [-0.25, -0.2) is 0 Å². The van der Waals surface area contributed by atoms with Crippen LogP contribution in [-0.4, -0.2) is 29.3 Å². The molecular weight excluding hydrogens is 251 g/mol. The average molecular weight is 266 g/mol. The van der Waals surface area contributed by atoms with Crippen molar-refractivity contribution in [2.24, 2.45) is 5.92 Å². The van der Waals surface area contributed by atoms with Crippen molar-refractivity contribution < 1.29 is 14.1 Å². The number of nitro benzene ring substituents is 1. The zero-order valence-corrected chi connectivity index (χ0v) is 10.6. The lowest BCUT2D eigenvalue weighted by Gasteiger charge is -2.30. The lowest BCUT2D eigenvalue weighted by molar-refractivity contribution is -0.387. The molecule has 19 heavy (non-hydrogen) atoms. The zero-order chi connectivity index (χ0) is 14.0. The molecule has 1 aromatic rings. The second-order valence-corrected chi connectivity index (χ2v) is 4.91. The molecule has 1 saturated carbocycles. The summed E-state index contributed by atoms with van der Waals surface area (Å²) in [7, 11) is 1.66. The SMILES string of the molecule is CN(CC1CCC1)C(=O)c1ccc(F)c([N+](=O)[O-])c1. The predicted octanol–water partition coefficient (Wildman–Crippen LogP) is 2.61. The summed E-state index contributed by atoms with van der Waals surface area (Å²) in [6.07, 6.45) is 3.41. The molecule has 2 rings (SSSR count). The molecule has 1 aliphatic carbocycles. The quantitative estimate of drug-likeness (QED) is 0.621. The third-order valence-corrected chi connectivity index (χ3v) is 3.49. The second-order valence-electron chi connectivity index (χ2n) is 4.91. The zero-order valence-electron chi connectivity index (χ0n) is 10.6. The number of carbonyl (C=O) groups is 1. The maximum absolute atomic E-state index is 13.2. The van der Waals surface area contributed by atoms with Crippen molar-refractivity contribution in [3.63, 3.8) is 0 Å². The molecule has 1 aliphatic rings. The van der Waals surface area contributed by atoms with Crippen molar-refractivity contribution >= 4 is 11.6 Å². The maximum Gasteiger partial charge on any atom is 0.305 e. The summed E-state index contributed by atoms with van der Waals surface area (Å²) < 4.78 is 13.2. The molecule has 0 aliphatic heterocycles. The van der Waals surface area contributed by atoms with E-state index in [1.165, 1.54) is 12.5 Å². The molecule has 5 nitrogen and oxygen atoms in total. The van der Waals surface area contributed by atoms with Gasteiger partial charge in [0.15, 0.2) is 0 Å². The van der Waals surface area contributed by atoms with Crippen LogP contribution in [-0.2, 0) is 0 Å². The van der Waals surface area contributed by atoms with Gasteiger partial charge < -0.3 is 4.90 Å². The number of hydrogen-bond donors (Lipinski definition) is 0. The van der Waals surface area contributed by atoms with Crippen molar-refractivity contribution in [2.45, 2.75) is 19.3 Å². The molecule has 0 heterocycles. The monoisotopic (exact) mass is 266 g/mol. The Morgan fingerprint density at radius 1 is 1.53 bits per heavy atom. The van der Waals surface area contributed by atoms with Gasteiger partial charge in [-0.3, -0.25) is 14.9 Å². The van der Waals surface area contributed by atoms with Gasteiger partial charge in [-0.1, -0.05) is 6.42 Å². The molecule has 1 amide bonds. The Labute approximate surface area is 110 Å². The number of carbonyl (C=O) groups excluding carboxylic acids is 1. The van der Waals surface area contributed by atoms with Crippen LogP contribution >= 0.6 is 0 Å². The Morgan fingerprint density at radius 2 is 2.21 bits per heavy atom. The van der Waals surface area contributed by atoms with Crippen LogP contribution in [0.15, 0.2) is 18.2 Å². The highest BCUT2D eigenvalue weighted by atomic mass is 19.1. The number of benzene rings is 1. The minimum Gasteiger partial charge on any atom is -0.341 e. The summed E-state index contributed by atoms with van der Waals surface area (Å²) in [5.41, 5.74) is -0.516. The number of amides is 1. The first-order valence-electron chi connectivity index (χ1n) is 6.18. The summed E-state index contributed by atoms with van der Waals surface area (Å²) >= 11 is 0. The van der Waals surface area contributed by atoms with Crippen molar-refractivity contribution in [2.75, 3.05) is 13.6 Å². The molecule has 1 aromatic carbocycles. The fourth-order valence-corrected chi connectivity index (χ4v) is 2.15. The predicted molar refractivity (Wildman–Crippen MR) is 67.4 cm³/mol. The summed E-state index contributed by atoms with van der Waals surface area (Å²) in [5.74, 6) is -0.720. The average Bonchev–Trinajstić information content (AvgIpc) is 2.33. The molecule has 0 aromatic heterocycles. The fraction of sp³-hybridized carbons (Fsp3) is 0.462. The van der Waals surface area contributed by atoms with Crippen LogP contribution in [0.3, 0.4) is 0 Å². The van der Waals surface area contributed by atoms with Gasteiger partial charge in [0, 0.05) is 25.2 Å². The van der Waals surface area contributed by atoms with Crippen LogP contribution in [0.1, 0.15) is 29.6 Å². The van der Waals surface area contributed by atoms with Gasteiger partial charge in [0.05, 0.1) is 4.92 Å². The molecule has 102 valence electrons. The molecular formula is C13H15FN2O3. The molecule has 6 heteroatoms. The summed E-state index contributed by atoms with van der Waals surface area (Å²) in [6, 6.07) is 3.24. The smallest absolute Gasteiger partial charge is 0.305 e. The number of hydrogen-bond acceptors (Lipinski definition) is 3. The van der Waals surface area contributed by atoms with Crippen LogP contribution in [0.4, 0.5) is 10.1 Å². The highest BCUT2D eigenvalue weighted by Crippen LogP contribution is 2.27. The molecule has 0 bridgehead atoms. The first-order valence-corrected chi connectivity index (χ1v) is 6.18. The fourth-order valence-electron chi connectivity index (χ4n) is 2.15. The van der Waals surface area contributed by atoms with Gasteiger partial charge in [0.25, 0.3) is 5.91 Å². The third-order valence-electron chi connectivity index (χ3n) is 3.49. The number of nitro groups is 1. The van der Waals surface area contributed by atoms with E-state index in [4.69, 9.17) is 0 Å². The molecule has 0 radical (unpaired) electrons. The summed E-state index contributed by atoms with van der Waals surface area (Å²) in [4.78, 5) is 23.4. The Bertz CT molecular complexity index is 515. The highest BCUT2D eigenvalue weighted by Gasteiger charge is 2.24. The standard InChI is InChI=1S/C13H15FN2O3/c1-15(8-9-3-2-4-9)13(17)10-5-6-11(14)12(7-10)16(18)19/h5-7,9H,2-4,8H2,1H3. The summed E-state index contributed by atoms with van der Waals surface area (Å²) in [6.45, 7) is 0.643. The summed E-state index contributed by atoms with van der Waals surface area (Å²) in [5, 5.41) is 10.6. The largest absolute Gasteiger partial charge is 0.341 e. The van der Waals surface area contributed by atoms with Crippen molar-refractivity contribution in [3.8, 4) is 0 Å². The molecule has 0 saturated heterocycles. The molecule has 1 fully saturated rings. The second kappa shape index (κ2) is 5.34. The van der Waals surface area contributed by atoms with Crippen LogP contribution in [0.2, 0.25) is 0 Å². The third kappa shape index (κ3) is 2.89. The van der Waals surface area contributed by atoms with E-state index >= 15 is 0 Å². The van der Waals surface area contributed by atoms with Crippen molar-refractivity contribution in [1.82, 2.24) is 4.90 Å². The van der Waals surface area contributed by atoms with Crippen LogP contribution in [0.25, 0.3) is 0 Å². The van der Waals surface area contributed by atoms with Crippen molar-refractivity contribution in [1.29, 1.82) is 0 Å². The van der Waals surface area contributed by atoms with E-state index in [2.05, 4.69) is 0 Å². The van der Waals surface area contributed by atoms with Crippen LogP contribution < -0.4 is 0 Å². The molecule has 0 atom stereocenters. The van der Waals surface area contributed by atoms with Gasteiger partial charge in [0.1, 0.15) is 0 Å². The van der Waals surface area contributed by atoms with Gasteiger partial charge in [-0.2, -0.15) is 4.39 Å². The van der Waals surface area contributed by atoms with E-state index in [1.807, 2.05) is 0 Å². The number of halogens is 1. The van der Waals surface area contributed by atoms with E-state index in [0.29, 0.717) is 12.5 Å². The van der Waals surface area contributed by atoms with Gasteiger partial charge in [0.2, 0.25) is 5.82 Å². The Kier molecular flexibility index (Phi) is 3.78. The van der Waals surface area contributed by atoms with Crippen LogP contribution in [0.5, 0.6) is 0 Å². The maximum atomic E-state index is 13.2. The topological polar surface area (TPSA) is 63.5 Å².